The SMILES string of the molecule is CCCc1nc2c(nc1NC(=O)CCc1ccccc1)CCc1cc(N)ccc1-2. The lowest BCUT2D eigenvalue weighted by molar-refractivity contribution is -0.116. The number of nitrogens with two attached hydrogens (primary N) is 1. The smallest absolute Gasteiger partial charge is 0.225 e. The van der Waals surface area contributed by atoms with Crippen LogP contribution in [0.15, 0.2) is 48.5 Å². The van der Waals surface area contributed by atoms with E-state index in [1.54, 1.807) is 0 Å². The van der Waals surface area contributed by atoms with Crippen LogP contribution in [0.5, 0.6) is 0 Å². The first kappa shape index (κ1) is 19.1. The van der Waals surface area contributed by atoms with E-state index in [2.05, 4.69) is 12.2 Å². The maximum atomic E-state index is 12.6. The van der Waals surface area contributed by atoms with Crippen molar-refractivity contribution >= 4 is 17.4 Å². The molecule has 1 aliphatic rings. The van der Waals surface area contributed by atoms with Gasteiger partial charge in [-0.25, -0.2) is 9.97 Å². The molecule has 1 aromatic heterocycles. The first-order chi connectivity index (χ1) is 14.1. The van der Waals surface area contributed by atoms with Crippen LogP contribution in [0.1, 0.15) is 42.3 Å². The lowest BCUT2D eigenvalue weighted by Crippen LogP contribution is -2.18. The van der Waals surface area contributed by atoms with E-state index in [4.69, 9.17) is 15.7 Å². The molecule has 0 unspecified atom stereocenters. The summed E-state index contributed by atoms with van der Waals surface area (Å²) < 4.78 is 0. The average molecular weight is 386 g/mol. The zero-order chi connectivity index (χ0) is 20.2. The van der Waals surface area contributed by atoms with E-state index in [0.29, 0.717) is 18.7 Å². The Morgan fingerprint density at radius 1 is 1.07 bits per heavy atom. The summed E-state index contributed by atoms with van der Waals surface area (Å²) in [5, 5.41) is 3.02. The third-order valence-electron chi connectivity index (χ3n) is 5.28. The number of hydrogen-bond donors (Lipinski definition) is 2. The summed E-state index contributed by atoms with van der Waals surface area (Å²) in [5.41, 5.74) is 12.9. The van der Waals surface area contributed by atoms with E-state index in [0.717, 1.165) is 59.6 Å². The Bertz CT molecular complexity index is 1030. The predicted molar refractivity (Wildman–Crippen MR) is 117 cm³/mol. The van der Waals surface area contributed by atoms with Crippen molar-refractivity contribution in [2.75, 3.05) is 11.1 Å². The highest BCUT2D eigenvalue weighted by Gasteiger charge is 2.22. The van der Waals surface area contributed by atoms with Crippen molar-refractivity contribution < 1.29 is 4.79 Å². The molecule has 0 saturated carbocycles. The summed E-state index contributed by atoms with van der Waals surface area (Å²) in [5.74, 6) is 0.590. The Kier molecular flexibility index (Phi) is 5.56. The summed E-state index contributed by atoms with van der Waals surface area (Å²) >= 11 is 0. The van der Waals surface area contributed by atoms with Crippen LogP contribution in [0, 0.1) is 0 Å². The minimum absolute atomic E-state index is 0.0237. The van der Waals surface area contributed by atoms with E-state index < -0.39 is 0 Å². The molecule has 1 amide bonds. The van der Waals surface area contributed by atoms with Gasteiger partial charge in [0.15, 0.2) is 5.82 Å². The lowest BCUT2D eigenvalue weighted by Gasteiger charge is -2.21. The maximum absolute atomic E-state index is 12.6. The van der Waals surface area contributed by atoms with Crippen LogP contribution >= 0.6 is 0 Å². The highest BCUT2D eigenvalue weighted by atomic mass is 16.1. The van der Waals surface area contributed by atoms with E-state index in [-0.39, 0.29) is 5.91 Å². The zero-order valence-corrected chi connectivity index (χ0v) is 16.7. The van der Waals surface area contributed by atoms with Crippen molar-refractivity contribution in [3.63, 3.8) is 0 Å². The molecule has 5 heteroatoms. The van der Waals surface area contributed by atoms with Crippen LogP contribution in [0.25, 0.3) is 11.3 Å². The summed E-state index contributed by atoms with van der Waals surface area (Å²) in [6, 6.07) is 16.0. The molecular formula is C24H26N4O. The molecule has 0 spiro atoms. The van der Waals surface area contributed by atoms with Crippen molar-refractivity contribution in [3.8, 4) is 11.3 Å². The number of aryl methyl sites for hydroxylation is 4. The Hall–Kier alpha value is -3.21. The van der Waals surface area contributed by atoms with Gasteiger partial charge in [-0.1, -0.05) is 49.7 Å². The number of aromatic nitrogens is 2. The first-order valence-corrected chi connectivity index (χ1v) is 10.3. The number of nitrogen functional groups attached to an aromatic ring is 1. The molecule has 1 heterocycles. The summed E-state index contributed by atoms with van der Waals surface area (Å²) in [6.07, 6.45) is 4.54. The van der Waals surface area contributed by atoms with Gasteiger partial charge in [0.05, 0.1) is 17.1 Å². The minimum Gasteiger partial charge on any atom is -0.399 e. The van der Waals surface area contributed by atoms with E-state index >= 15 is 0 Å². The van der Waals surface area contributed by atoms with Gasteiger partial charge in [-0.2, -0.15) is 0 Å². The van der Waals surface area contributed by atoms with Gasteiger partial charge in [0.25, 0.3) is 0 Å². The molecule has 3 N–H and O–H groups in total. The van der Waals surface area contributed by atoms with Gasteiger partial charge in [0.1, 0.15) is 0 Å². The largest absolute Gasteiger partial charge is 0.399 e. The molecule has 3 aromatic rings. The highest BCUT2D eigenvalue weighted by molar-refractivity contribution is 5.90. The molecule has 1 aliphatic carbocycles. The number of amides is 1. The number of fused-ring (bicyclic) bond motifs is 3. The fourth-order valence-corrected chi connectivity index (χ4v) is 3.81. The van der Waals surface area contributed by atoms with Gasteiger partial charge in [-0.05, 0) is 48.9 Å². The summed E-state index contributed by atoms with van der Waals surface area (Å²) in [4.78, 5) is 22.3. The van der Waals surface area contributed by atoms with Crippen molar-refractivity contribution in [1.82, 2.24) is 9.97 Å². The molecular weight excluding hydrogens is 360 g/mol. The molecule has 0 fully saturated rings. The Morgan fingerprint density at radius 2 is 1.90 bits per heavy atom. The van der Waals surface area contributed by atoms with Crippen LogP contribution in [0.3, 0.4) is 0 Å². The number of anilines is 2. The molecule has 5 nitrogen and oxygen atoms in total. The molecule has 148 valence electrons. The normalized spacial score (nSPS) is 12.2. The second kappa shape index (κ2) is 8.43. The number of rotatable bonds is 6. The average Bonchev–Trinajstić information content (AvgIpc) is 2.73. The Balaban J connectivity index is 1.57. The van der Waals surface area contributed by atoms with Gasteiger partial charge in [0, 0.05) is 17.7 Å². The van der Waals surface area contributed by atoms with Gasteiger partial charge in [-0.15, -0.1) is 0 Å². The third-order valence-corrected chi connectivity index (χ3v) is 5.28. The van der Waals surface area contributed by atoms with Crippen LogP contribution in [0.2, 0.25) is 0 Å². The van der Waals surface area contributed by atoms with Gasteiger partial charge in [-0.3, -0.25) is 4.79 Å². The van der Waals surface area contributed by atoms with Crippen molar-refractivity contribution in [1.29, 1.82) is 0 Å². The molecule has 2 aromatic carbocycles. The van der Waals surface area contributed by atoms with Gasteiger partial charge in [0.2, 0.25) is 5.91 Å². The zero-order valence-electron chi connectivity index (χ0n) is 16.7. The van der Waals surface area contributed by atoms with Crippen LogP contribution < -0.4 is 11.1 Å². The predicted octanol–water partition coefficient (Wildman–Crippen LogP) is 4.35. The topological polar surface area (TPSA) is 80.9 Å². The molecule has 29 heavy (non-hydrogen) atoms. The summed E-state index contributed by atoms with van der Waals surface area (Å²) in [7, 11) is 0. The first-order valence-electron chi connectivity index (χ1n) is 10.3. The minimum atomic E-state index is -0.0237. The van der Waals surface area contributed by atoms with Crippen LogP contribution in [-0.2, 0) is 30.5 Å². The standard InChI is InChI=1S/C24H26N4O/c1-2-6-21-24(28-22(29)14-9-16-7-4-3-5-8-16)27-20-13-10-17-15-18(25)11-12-19(17)23(20)26-21/h3-5,7-8,11-12,15H,2,6,9-10,13-14,25H2,1H3,(H,27,28,29). The fraction of sp³-hybridized carbons (Fsp3) is 0.292. The van der Waals surface area contributed by atoms with Gasteiger partial charge >= 0.3 is 0 Å². The van der Waals surface area contributed by atoms with Crippen LogP contribution in [-0.4, -0.2) is 15.9 Å². The fourth-order valence-electron chi connectivity index (χ4n) is 3.81. The quantitative estimate of drug-likeness (QED) is 0.617. The highest BCUT2D eigenvalue weighted by Crippen LogP contribution is 2.34. The molecule has 0 radical (unpaired) electrons. The van der Waals surface area contributed by atoms with E-state index in [1.807, 2.05) is 48.5 Å². The number of nitrogens with zero attached hydrogens (tertiary/aromatic N) is 2. The Morgan fingerprint density at radius 3 is 2.69 bits per heavy atom. The molecule has 4 rings (SSSR count). The number of nitrogens with one attached hydrogen (secondary N) is 1. The number of carbonyl (C=O) groups excluding carboxylic acids is 1. The molecule has 0 aliphatic heterocycles. The number of benzene rings is 2. The lowest BCUT2D eigenvalue weighted by atomic mass is 9.91. The number of hydrogen-bond acceptors (Lipinski definition) is 4. The third kappa shape index (κ3) is 4.29. The van der Waals surface area contributed by atoms with Crippen molar-refractivity contribution in [2.24, 2.45) is 0 Å². The second-order valence-corrected chi connectivity index (χ2v) is 7.51. The van der Waals surface area contributed by atoms with Crippen molar-refractivity contribution in [3.05, 3.63) is 71.0 Å². The van der Waals surface area contributed by atoms with Crippen molar-refractivity contribution in [2.45, 2.75) is 45.4 Å². The second-order valence-electron chi connectivity index (χ2n) is 7.51. The number of carbonyl (C=O) groups is 1. The molecule has 0 saturated heterocycles. The Labute approximate surface area is 171 Å². The monoisotopic (exact) mass is 386 g/mol. The van der Waals surface area contributed by atoms with Gasteiger partial charge < -0.3 is 11.1 Å². The van der Waals surface area contributed by atoms with Crippen LogP contribution in [0.4, 0.5) is 11.5 Å². The molecule has 0 bridgehead atoms. The van der Waals surface area contributed by atoms with E-state index in [1.165, 1.54) is 5.56 Å². The summed E-state index contributed by atoms with van der Waals surface area (Å²) in [6.45, 7) is 2.11. The van der Waals surface area contributed by atoms with E-state index in [9.17, 15) is 4.79 Å². The maximum Gasteiger partial charge on any atom is 0.225 e. The molecule has 0 atom stereocenters.